The Morgan fingerprint density at radius 2 is 1.81 bits per heavy atom. The minimum Gasteiger partial charge on any atom is -0.325 e. The Hall–Kier alpha value is -0.530. The average Bonchev–Trinajstić information content (AvgIpc) is 2.27. The summed E-state index contributed by atoms with van der Waals surface area (Å²) in [6.07, 6.45) is 0.878. The fraction of sp³-hybridized carbons (Fsp3) is 0.900. The van der Waals surface area contributed by atoms with Crippen LogP contribution in [0.25, 0.3) is 0 Å². The van der Waals surface area contributed by atoms with Crippen molar-refractivity contribution in [1.82, 2.24) is 0 Å². The summed E-state index contributed by atoms with van der Waals surface area (Å²) in [5.74, 6) is -1.33. The maximum atomic E-state index is 11.4. The molecule has 0 amide bonds. The number of ether oxygens (including phenoxy) is 2. The maximum absolute atomic E-state index is 11.4. The maximum Gasteiger partial charge on any atom is 0.513 e. The first-order chi connectivity index (χ1) is 7.64. The van der Waals surface area contributed by atoms with Crippen LogP contribution < -0.4 is 0 Å². The summed E-state index contributed by atoms with van der Waals surface area (Å²) >= 11 is 0. The van der Waals surface area contributed by atoms with Crippen LogP contribution in [-0.4, -0.2) is 25.3 Å². The van der Waals surface area contributed by atoms with Crippen molar-refractivity contribution in [2.45, 2.75) is 39.6 Å². The van der Waals surface area contributed by atoms with E-state index in [1.807, 2.05) is 6.07 Å². The minimum atomic E-state index is -1.82. The van der Waals surface area contributed by atoms with E-state index >= 15 is 0 Å². The molecule has 0 aliphatic heterocycles. The van der Waals surface area contributed by atoms with E-state index in [1.54, 1.807) is 20.8 Å². The molecule has 16 heavy (non-hydrogen) atoms. The molecule has 0 aliphatic carbocycles. The first-order valence-corrected chi connectivity index (χ1v) is 6.79. The molecular weight excluding hydrogens is 229 g/mol. The summed E-state index contributed by atoms with van der Waals surface area (Å²) in [4.78, 5) is 0. The van der Waals surface area contributed by atoms with Crippen molar-refractivity contribution in [2.24, 2.45) is 0 Å². The van der Waals surface area contributed by atoms with Crippen molar-refractivity contribution in [1.29, 1.82) is 5.26 Å². The van der Waals surface area contributed by atoms with Crippen molar-refractivity contribution >= 4 is 8.03 Å². The molecule has 1 unspecified atom stereocenters. The average molecular weight is 248 g/mol. The van der Waals surface area contributed by atoms with E-state index in [1.165, 1.54) is 0 Å². The van der Waals surface area contributed by atoms with Crippen LogP contribution in [0.1, 0.15) is 33.6 Å². The first kappa shape index (κ1) is 15.5. The number of hydrogen-bond donors (Lipinski definition) is 0. The SMILES string of the molecule is CCOC(CCC#N)(OCC)O[P+](=O)CC. The summed E-state index contributed by atoms with van der Waals surface area (Å²) in [7, 11) is -1.82. The molecule has 0 aromatic heterocycles. The molecule has 6 heteroatoms. The quantitative estimate of drug-likeness (QED) is 0.463. The summed E-state index contributed by atoms with van der Waals surface area (Å²) in [5.41, 5.74) is 0. The molecule has 0 bridgehead atoms. The highest BCUT2D eigenvalue weighted by Crippen LogP contribution is 2.34. The topological polar surface area (TPSA) is 68.6 Å². The van der Waals surface area contributed by atoms with Crippen LogP contribution in [-0.2, 0) is 18.6 Å². The summed E-state index contributed by atoms with van der Waals surface area (Å²) in [6, 6.07) is 2.00. The van der Waals surface area contributed by atoms with Crippen LogP contribution in [0.4, 0.5) is 0 Å². The normalized spacial score (nSPS) is 12.2. The fourth-order valence-electron chi connectivity index (χ4n) is 1.15. The molecule has 0 saturated carbocycles. The largest absolute Gasteiger partial charge is 0.513 e. The van der Waals surface area contributed by atoms with Crippen LogP contribution in [0.15, 0.2) is 0 Å². The molecule has 0 aromatic carbocycles. The second-order valence-corrected chi connectivity index (χ2v) is 4.43. The van der Waals surface area contributed by atoms with E-state index in [4.69, 9.17) is 19.3 Å². The molecule has 5 nitrogen and oxygen atoms in total. The van der Waals surface area contributed by atoms with E-state index in [-0.39, 0.29) is 12.8 Å². The van der Waals surface area contributed by atoms with Gasteiger partial charge in [-0.05, 0) is 25.3 Å². The Bertz CT molecular complexity index is 246. The van der Waals surface area contributed by atoms with Gasteiger partial charge in [-0.25, -0.2) is 0 Å². The molecule has 0 fully saturated rings. The number of hydrogen-bond acceptors (Lipinski definition) is 5. The third kappa shape index (κ3) is 5.53. The van der Waals surface area contributed by atoms with Gasteiger partial charge in [-0.3, -0.25) is 0 Å². The minimum absolute atomic E-state index is 0.229. The van der Waals surface area contributed by atoms with Gasteiger partial charge in [0.25, 0.3) is 0 Å². The standard InChI is InChI=1S/C10H19NO4P/c1-4-13-10(14-5-2,8-7-9-11)15-16(12)6-3/h4-8H2,1-3H3/q+1. The molecule has 0 N–H and O–H groups in total. The Balaban J connectivity index is 4.63. The van der Waals surface area contributed by atoms with Gasteiger partial charge in [-0.2, -0.15) is 5.26 Å². The van der Waals surface area contributed by atoms with Crippen molar-refractivity contribution < 1.29 is 18.6 Å². The molecule has 0 aromatic rings. The van der Waals surface area contributed by atoms with Gasteiger partial charge in [-0.1, -0.05) is 4.52 Å². The summed E-state index contributed by atoms with van der Waals surface area (Å²) in [6.45, 7) is 6.09. The third-order valence-electron chi connectivity index (χ3n) is 1.77. The fourth-order valence-corrected chi connectivity index (χ4v) is 1.79. The molecule has 0 heterocycles. The molecule has 0 saturated heterocycles. The zero-order valence-electron chi connectivity index (χ0n) is 10.1. The number of nitriles is 1. The van der Waals surface area contributed by atoms with Crippen LogP contribution in [0.5, 0.6) is 0 Å². The molecule has 0 radical (unpaired) electrons. The highest BCUT2D eigenvalue weighted by molar-refractivity contribution is 7.39. The third-order valence-corrected chi connectivity index (χ3v) is 2.77. The first-order valence-electron chi connectivity index (χ1n) is 5.42. The van der Waals surface area contributed by atoms with Gasteiger partial charge in [0.05, 0.1) is 6.07 Å². The Morgan fingerprint density at radius 3 is 2.19 bits per heavy atom. The molecular formula is C10H19NO4P+. The van der Waals surface area contributed by atoms with E-state index in [2.05, 4.69) is 0 Å². The smallest absolute Gasteiger partial charge is 0.325 e. The monoisotopic (exact) mass is 248 g/mol. The molecule has 1 atom stereocenters. The van der Waals surface area contributed by atoms with Crippen LogP contribution in [0.3, 0.4) is 0 Å². The second kappa shape index (κ2) is 8.60. The van der Waals surface area contributed by atoms with Crippen LogP contribution in [0.2, 0.25) is 0 Å². The lowest BCUT2D eigenvalue weighted by Gasteiger charge is -2.26. The lowest BCUT2D eigenvalue weighted by Crippen LogP contribution is -2.37. The van der Waals surface area contributed by atoms with Crippen molar-refractivity contribution in [3.05, 3.63) is 0 Å². The molecule has 0 spiro atoms. The Morgan fingerprint density at radius 1 is 1.25 bits per heavy atom. The van der Waals surface area contributed by atoms with Gasteiger partial charge < -0.3 is 9.47 Å². The van der Waals surface area contributed by atoms with Crippen molar-refractivity contribution in [3.8, 4) is 6.07 Å². The predicted molar refractivity (Wildman–Crippen MR) is 60.1 cm³/mol. The molecule has 0 aliphatic rings. The van der Waals surface area contributed by atoms with E-state index in [0.717, 1.165) is 0 Å². The van der Waals surface area contributed by atoms with Crippen LogP contribution in [0, 0.1) is 11.3 Å². The highest BCUT2D eigenvalue weighted by atomic mass is 31.1. The van der Waals surface area contributed by atoms with E-state index in [0.29, 0.717) is 19.4 Å². The summed E-state index contributed by atoms with van der Waals surface area (Å²) < 4.78 is 27.4. The zero-order chi connectivity index (χ0) is 12.4. The summed E-state index contributed by atoms with van der Waals surface area (Å²) in [5, 5.41) is 8.57. The molecule has 92 valence electrons. The highest BCUT2D eigenvalue weighted by Gasteiger charge is 2.41. The van der Waals surface area contributed by atoms with Crippen molar-refractivity contribution in [3.63, 3.8) is 0 Å². The Labute approximate surface area is 97.5 Å². The lowest BCUT2D eigenvalue weighted by atomic mass is 10.3. The lowest BCUT2D eigenvalue weighted by molar-refractivity contribution is -0.341. The van der Waals surface area contributed by atoms with Crippen molar-refractivity contribution in [2.75, 3.05) is 19.4 Å². The Kier molecular flexibility index (Phi) is 8.32. The van der Waals surface area contributed by atoms with Gasteiger partial charge >= 0.3 is 14.0 Å². The zero-order valence-corrected chi connectivity index (χ0v) is 11.0. The van der Waals surface area contributed by atoms with Gasteiger partial charge in [0, 0.05) is 26.1 Å². The van der Waals surface area contributed by atoms with Gasteiger partial charge in [0.15, 0.2) is 6.16 Å². The number of nitrogens with zero attached hydrogens (tertiary/aromatic N) is 1. The van der Waals surface area contributed by atoms with Crippen LogP contribution >= 0.6 is 8.03 Å². The van der Waals surface area contributed by atoms with E-state index in [9.17, 15) is 4.57 Å². The van der Waals surface area contributed by atoms with Gasteiger partial charge in [-0.15, -0.1) is 0 Å². The predicted octanol–water partition coefficient (Wildman–Crippen LogP) is 2.80. The molecule has 0 rings (SSSR count). The van der Waals surface area contributed by atoms with Gasteiger partial charge in [0.1, 0.15) is 0 Å². The van der Waals surface area contributed by atoms with E-state index < -0.39 is 14.0 Å². The number of rotatable bonds is 9. The second-order valence-electron chi connectivity index (χ2n) is 2.95. The van der Waals surface area contributed by atoms with Gasteiger partial charge in [0.2, 0.25) is 0 Å².